The molecule has 0 spiro atoms. The van der Waals surface area contributed by atoms with E-state index in [4.69, 9.17) is 0 Å². The van der Waals surface area contributed by atoms with Gasteiger partial charge in [0, 0.05) is 70.7 Å². The molecule has 0 fully saturated rings. The monoisotopic (exact) mass is 852 g/mol. The van der Waals surface area contributed by atoms with Crippen LogP contribution in [-0.4, -0.2) is 14.1 Å². The fourth-order valence-corrected chi connectivity index (χ4v) is 11.0. The smallest absolute Gasteiger partial charge is 0.174 e. The van der Waals surface area contributed by atoms with Crippen molar-refractivity contribution in [2.75, 3.05) is 4.90 Å². The third kappa shape index (κ3) is 5.99. The first kappa shape index (κ1) is 37.3. The van der Waals surface area contributed by atoms with Crippen LogP contribution in [0.4, 0.5) is 21.5 Å². The molecule has 65 heavy (non-hydrogen) atoms. The lowest BCUT2D eigenvalue weighted by atomic mass is 10.0. The Labute approximate surface area is 377 Å². The van der Waals surface area contributed by atoms with Crippen LogP contribution in [0.3, 0.4) is 0 Å². The number of para-hydroxylation sites is 2. The van der Waals surface area contributed by atoms with Gasteiger partial charge in [-0.15, -0.1) is 11.3 Å². The van der Waals surface area contributed by atoms with Crippen LogP contribution in [0.15, 0.2) is 225 Å². The zero-order valence-electron chi connectivity index (χ0n) is 34.9. The number of pyridine rings is 1. The predicted molar refractivity (Wildman–Crippen MR) is 271 cm³/mol. The van der Waals surface area contributed by atoms with Crippen molar-refractivity contribution in [1.29, 1.82) is 0 Å². The molecule has 0 amide bonds. The van der Waals surface area contributed by atoms with Crippen LogP contribution in [0.25, 0.3) is 97.5 Å². The number of rotatable bonds is 7. The van der Waals surface area contributed by atoms with Crippen molar-refractivity contribution in [3.63, 3.8) is 0 Å². The maximum absolute atomic E-state index is 15.9. The topological polar surface area (TPSA) is 26.0 Å². The van der Waals surface area contributed by atoms with Gasteiger partial charge in [-0.2, -0.15) is 0 Å². The molecule has 0 bridgehead atoms. The van der Waals surface area contributed by atoms with Crippen LogP contribution in [0, 0.1) is 5.82 Å². The second-order valence-electron chi connectivity index (χ2n) is 16.5. The Kier molecular flexibility index (Phi) is 8.54. The van der Waals surface area contributed by atoms with E-state index in [0.717, 1.165) is 77.5 Å². The van der Waals surface area contributed by atoms with E-state index >= 15 is 4.39 Å². The molecule has 0 aliphatic carbocycles. The van der Waals surface area contributed by atoms with Crippen molar-refractivity contribution in [2.24, 2.45) is 0 Å². The van der Waals surface area contributed by atoms with Crippen molar-refractivity contribution in [3.05, 3.63) is 230 Å². The van der Waals surface area contributed by atoms with Gasteiger partial charge in [-0.25, -0.2) is 9.37 Å². The van der Waals surface area contributed by atoms with E-state index in [-0.39, 0.29) is 11.6 Å². The highest BCUT2D eigenvalue weighted by atomic mass is 32.1. The summed E-state index contributed by atoms with van der Waals surface area (Å²) in [5, 5.41) is 6.92. The maximum Gasteiger partial charge on any atom is 0.174 e. The van der Waals surface area contributed by atoms with Gasteiger partial charge < -0.3 is 9.47 Å². The van der Waals surface area contributed by atoms with Crippen LogP contribution >= 0.6 is 11.3 Å². The van der Waals surface area contributed by atoms with Crippen LogP contribution in [0.5, 0.6) is 0 Å². The third-order valence-electron chi connectivity index (χ3n) is 12.8. The lowest BCUT2D eigenvalue weighted by Crippen LogP contribution is -2.09. The van der Waals surface area contributed by atoms with E-state index in [1.54, 1.807) is 12.3 Å². The lowest BCUT2D eigenvalue weighted by Gasteiger charge is -2.26. The van der Waals surface area contributed by atoms with Gasteiger partial charge in [0.2, 0.25) is 0 Å². The van der Waals surface area contributed by atoms with Crippen molar-refractivity contribution in [3.8, 4) is 33.8 Å². The van der Waals surface area contributed by atoms with E-state index in [1.165, 1.54) is 37.4 Å². The Hall–Kier alpha value is -8.32. The van der Waals surface area contributed by atoms with E-state index < -0.39 is 0 Å². The molecule has 306 valence electrons. The summed E-state index contributed by atoms with van der Waals surface area (Å²) in [7, 11) is 0. The van der Waals surface area contributed by atoms with E-state index in [1.807, 2.05) is 22.0 Å². The molecule has 4 aromatic heterocycles. The lowest BCUT2D eigenvalue weighted by molar-refractivity contribution is 0.613. The molecule has 4 heterocycles. The Morgan fingerprint density at radius 2 is 0.985 bits per heavy atom. The molecule has 0 radical (unpaired) electrons. The van der Waals surface area contributed by atoms with E-state index in [2.05, 4.69) is 215 Å². The highest BCUT2D eigenvalue weighted by Crippen LogP contribution is 2.45. The number of halogens is 1. The van der Waals surface area contributed by atoms with Gasteiger partial charge in [0.15, 0.2) is 11.6 Å². The summed E-state index contributed by atoms with van der Waals surface area (Å²) in [4.78, 5) is 6.95. The SMILES string of the molecule is Fc1cccnc1-n1c2ccc(-c3ccc(N(c4ccc(-c5ccccc5)cc4)c4ccc5c(c4)sc4ccccc45)cc3)cc2c2c1ccc1c3ccccc3n(-c3ccccc3)c12. The average molecular weight is 853 g/mol. The Balaban J connectivity index is 0.989. The highest BCUT2D eigenvalue weighted by Gasteiger charge is 2.23. The van der Waals surface area contributed by atoms with Gasteiger partial charge in [0.1, 0.15) is 0 Å². The standard InChI is InChI=1S/C59H37FN4S/c60-51-18-11-35-61-59(51)64-53-33-25-41(36-50(53)57-54(64)34-32-49-46-16-7-9-19-52(46)63(58(49)57)42-14-5-2-6-15-42)40-23-28-44(29-24-40)62(43-26-21-39(22-27-43)38-12-3-1-4-13-38)45-30-31-48-47-17-8-10-20-55(47)65-56(48)37-45/h1-37H. The summed E-state index contributed by atoms with van der Waals surface area (Å²) in [5.74, 6) is -0.0996. The van der Waals surface area contributed by atoms with Gasteiger partial charge in [0.05, 0.1) is 22.1 Å². The molecule has 0 saturated heterocycles. The normalized spacial score (nSPS) is 11.8. The molecule has 13 rings (SSSR count). The minimum absolute atomic E-state index is 0.275. The van der Waals surface area contributed by atoms with Gasteiger partial charge in [-0.3, -0.25) is 4.57 Å². The molecule has 0 atom stereocenters. The van der Waals surface area contributed by atoms with Crippen LogP contribution in [-0.2, 0) is 0 Å². The number of anilines is 3. The molecule has 0 aliphatic rings. The second kappa shape index (κ2) is 14.9. The molecular formula is C59H37FN4S. The number of nitrogens with zero attached hydrogens (tertiary/aromatic N) is 4. The van der Waals surface area contributed by atoms with E-state index in [9.17, 15) is 0 Å². The number of hydrogen-bond donors (Lipinski definition) is 0. The molecular weight excluding hydrogens is 816 g/mol. The summed E-state index contributed by atoms with van der Waals surface area (Å²) in [6, 6.07) is 76.7. The van der Waals surface area contributed by atoms with Crippen molar-refractivity contribution < 1.29 is 4.39 Å². The number of thiophene rings is 1. The summed E-state index contributed by atoms with van der Waals surface area (Å²) in [6.45, 7) is 0. The van der Waals surface area contributed by atoms with Crippen molar-refractivity contribution >= 4 is 92.2 Å². The molecule has 0 N–H and O–H groups in total. The quantitative estimate of drug-likeness (QED) is 0.160. The molecule has 0 saturated carbocycles. The third-order valence-corrected chi connectivity index (χ3v) is 14.0. The van der Waals surface area contributed by atoms with Gasteiger partial charge in [-0.1, -0.05) is 127 Å². The zero-order chi connectivity index (χ0) is 43.0. The minimum Gasteiger partial charge on any atom is -0.310 e. The fourth-order valence-electron chi connectivity index (χ4n) is 9.89. The number of aromatic nitrogens is 3. The average Bonchev–Trinajstić information content (AvgIpc) is 4.02. The van der Waals surface area contributed by atoms with Crippen molar-refractivity contribution in [1.82, 2.24) is 14.1 Å². The van der Waals surface area contributed by atoms with Gasteiger partial charge >= 0.3 is 0 Å². The maximum atomic E-state index is 15.9. The van der Waals surface area contributed by atoms with E-state index in [0.29, 0.717) is 0 Å². The molecule has 4 nitrogen and oxygen atoms in total. The number of fused-ring (bicyclic) bond motifs is 10. The second-order valence-corrected chi connectivity index (χ2v) is 17.6. The van der Waals surface area contributed by atoms with Crippen LogP contribution in [0.1, 0.15) is 0 Å². The van der Waals surface area contributed by atoms with Crippen molar-refractivity contribution in [2.45, 2.75) is 0 Å². The molecule has 13 aromatic rings. The summed E-state index contributed by atoms with van der Waals surface area (Å²) in [5.41, 5.74) is 12.8. The molecule has 6 heteroatoms. The fraction of sp³-hybridized carbons (Fsp3) is 0. The molecule has 0 aliphatic heterocycles. The number of hydrogen-bond acceptors (Lipinski definition) is 3. The first-order valence-corrected chi connectivity index (χ1v) is 22.6. The van der Waals surface area contributed by atoms with Crippen LogP contribution in [0.2, 0.25) is 0 Å². The predicted octanol–water partition coefficient (Wildman–Crippen LogP) is 16.6. The minimum atomic E-state index is -0.375. The Bertz CT molecular complexity index is 3940. The Morgan fingerprint density at radius 3 is 1.75 bits per heavy atom. The highest BCUT2D eigenvalue weighted by molar-refractivity contribution is 7.25. The largest absolute Gasteiger partial charge is 0.310 e. The first-order valence-electron chi connectivity index (χ1n) is 21.8. The molecule has 9 aromatic carbocycles. The van der Waals surface area contributed by atoms with Gasteiger partial charge in [-0.05, 0) is 113 Å². The first-order chi connectivity index (χ1) is 32.2. The summed E-state index contributed by atoms with van der Waals surface area (Å²) < 4.78 is 22.7. The molecule has 0 unspecified atom stereocenters. The Morgan fingerprint density at radius 1 is 0.400 bits per heavy atom. The summed E-state index contributed by atoms with van der Waals surface area (Å²) in [6.07, 6.45) is 1.66. The van der Waals surface area contributed by atoms with Gasteiger partial charge in [0.25, 0.3) is 0 Å². The zero-order valence-corrected chi connectivity index (χ0v) is 35.8. The summed E-state index contributed by atoms with van der Waals surface area (Å²) >= 11 is 1.83. The van der Waals surface area contributed by atoms with Crippen LogP contribution < -0.4 is 4.90 Å². The number of benzene rings is 9.